The maximum Gasteiger partial charge on any atom is 0.280 e. The van der Waals surface area contributed by atoms with Crippen molar-refractivity contribution >= 4 is 28.4 Å². The molecule has 0 saturated carbocycles. The second-order valence-electron chi connectivity index (χ2n) is 2.48. The Labute approximate surface area is 88.8 Å². The molecule has 1 aromatic heterocycles. The average Bonchev–Trinajstić information content (AvgIpc) is 2.16. The predicted octanol–water partition coefficient (Wildman–Crippen LogP) is 3.14. The van der Waals surface area contributed by atoms with Gasteiger partial charge in [0.15, 0.2) is 0 Å². The molecule has 0 amide bonds. The Balaban J connectivity index is 3.18. The van der Waals surface area contributed by atoms with Crippen LogP contribution in [0.4, 0.5) is 8.78 Å². The summed E-state index contributed by atoms with van der Waals surface area (Å²) >= 11 is 10.6. The van der Waals surface area contributed by atoms with Gasteiger partial charge in [-0.05, 0) is 23.2 Å². The second kappa shape index (κ2) is 4.66. The minimum atomic E-state index is -2.71. The lowest BCUT2D eigenvalue weighted by atomic mass is 10.1. The molecule has 0 saturated heterocycles. The third kappa shape index (κ3) is 2.39. The zero-order valence-electron chi connectivity index (χ0n) is 6.81. The van der Waals surface area contributed by atoms with Crippen LogP contribution in [0.2, 0.25) is 0 Å². The van der Waals surface area contributed by atoms with Crippen LogP contribution in [0, 0.1) is 0 Å². The number of pyridine rings is 1. The molecule has 0 N–H and O–H groups in total. The molecule has 0 fully saturated rings. The summed E-state index contributed by atoms with van der Waals surface area (Å²) in [4.78, 5) is 14.1. The van der Waals surface area contributed by atoms with Gasteiger partial charge in [-0.3, -0.25) is 9.78 Å². The zero-order chi connectivity index (χ0) is 10.7. The minimum Gasteiger partial charge on any atom is -0.276 e. The highest BCUT2D eigenvalue weighted by molar-refractivity contribution is 6.67. The standard InChI is InChI=1S/C8H5Cl2F2NO/c9-2-4-1-5(7(10)14)3-13-6(4)8(11)12/h1,3,8H,2H2. The molecule has 0 bridgehead atoms. The van der Waals surface area contributed by atoms with Gasteiger partial charge in [-0.25, -0.2) is 8.78 Å². The molecule has 1 aromatic rings. The molecule has 76 valence electrons. The molecule has 14 heavy (non-hydrogen) atoms. The molecular weight excluding hydrogens is 235 g/mol. The van der Waals surface area contributed by atoms with Crippen LogP contribution < -0.4 is 0 Å². The lowest BCUT2D eigenvalue weighted by Gasteiger charge is -2.05. The Morgan fingerprint density at radius 2 is 2.21 bits per heavy atom. The number of nitrogens with zero attached hydrogens (tertiary/aromatic N) is 1. The topological polar surface area (TPSA) is 30.0 Å². The van der Waals surface area contributed by atoms with Crippen molar-refractivity contribution < 1.29 is 13.6 Å². The van der Waals surface area contributed by atoms with Gasteiger partial charge in [0.1, 0.15) is 5.69 Å². The highest BCUT2D eigenvalue weighted by Gasteiger charge is 2.15. The fourth-order valence-corrected chi connectivity index (χ4v) is 1.25. The molecular formula is C8H5Cl2F2NO. The number of aromatic nitrogens is 1. The van der Waals surface area contributed by atoms with E-state index in [4.69, 9.17) is 23.2 Å². The monoisotopic (exact) mass is 239 g/mol. The lowest BCUT2D eigenvalue weighted by Crippen LogP contribution is -2.00. The molecule has 0 atom stereocenters. The zero-order valence-corrected chi connectivity index (χ0v) is 8.32. The fraction of sp³-hybridized carbons (Fsp3) is 0.250. The van der Waals surface area contributed by atoms with Crippen LogP contribution in [0.1, 0.15) is 28.0 Å². The summed E-state index contributed by atoms with van der Waals surface area (Å²) in [6.45, 7) is 0. The van der Waals surface area contributed by atoms with Gasteiger partial charge in [0.05, 0.1) is 5.56 Å². The first kappa shape index (κ1) is 11.3. The van der Waals surface area contributed by atoms with Crippen LogP contribution >= 0.6 is 23.2 Å². The summed E-state index contributed by atoms with van der Waals surface area (Å²) in [7, 11) is 0. The van der Waals surface area contributed by atoms with Gasteiger partial charge in [0.25, 0.3) is 11.7 Å². The lowest BCUT2D eigenvalue weighted by molar-refractivity contribution is 0.107. The maximum absolute atomic E-state index is 12.3. The first-order chi connectivity index (χ1) is 6.56. The van der Waals surface area contributed by atoms with E-state index in [2.05, 4.69) is 4.98 Å². The van der Waals surface area contributed by atoms with Gasteiger partial charge >= 0.3 is 0 Å². The van der Waals surface area contributed by atoms with Crippen LogP contribution in [0.5, 0.6) is 0 Å². The molecule has 0 aromatic carbocycles. The van der Waals surface area contributed by atoms with Crippen LogP contribution in [0.25, 0.3) is 0 Å². The number of alkyl halides is 3. The SMILES string of the molecule is O=C(Cl)c1cnc(C(F)F)c(CCl)c1. The Morgan fingerprint density at radius 3 is 2.64 bits per heavy atom. The Bertz CT molecular complexity index is 357. The quantitative estimate of drug-likeness (QED) is 0.600. The smallest absolute Gasteiger partial charge is 0.276 e. The first-order valence-electron chi connectivity index (χ1n) is 3.59. The molecule has 0 aliphatic carbocycles. The molecule has 0 radical (unpaired) electrons. The molecule has 0 aliphatic heterocycles. The van der Waals surface area contributed by atoms with Crippen molar-refractivity contribution in [2.24, 2.45) is 0 Å². The second-order valence-corrected chi connectivity index (χ2v) is 3.09. The van der Waals surface area contributed by atoms with Crippen molar-refractivity contribution in [1.82, 2.24) is 4.98 Å². The van der Waals surface area contributed by atoms with Crippen LogP contribution in [0.3, 0.4) is 0 Å². The summed E-state index contributed by atoms with van der Waals surface area (Å²) in [5.74, 6) is -0.134. The molecule has 6 heteroatoms. The molecule has 0 aliphatic rings. The van der Waals surface area contributed by atoms with Gasteiger partial charge in [-0.2, -0.15) is 0 Å². The van der Waals surface area contributed by atoms with E-state index in [-0.39, 0.29) is 17.0 Å². The van der Waals surface area contributed by atoms with E-state index >= 15 is 0 Å². The average molecular weight is 240 g/mol. The number of carbonyl (C=O) groups is 1. The van der Waals surface area contributed by atoms with E-state index in [0.29, 0.717) is 0 Å². The van der Waals surface area contributed by atoms with E-state index in [0.717, 1.165) is 6.20 Å². The Hall–Kier alpha value is -0.740. The third-order valence-corrected chi connectivity index (χ3v) is 2.09. The predicted molar refractivity (Wildman–Crippen MR) is 48.9 cm³/mol. The van der Waals surface area contributed by atoms with E-state index in [1.807, 2.05) is 0 Å². The van der Waals surface area contributed by atoms with Crippen molar-refractivity contribution in [2.75, 3.05) is 0 Å². The largest absolute Gasteiger partial charge is 0.280 e. The van der Waals surface area contributed by atoms with Crippen molar-refractivity contribution in [2.45, 2.75) is 12.3 Å². The van der Waals surface area contributed by atoms with E-state index in [9.17, 15) is 13.6 Å². The van der Waals surface area contributed by atoms with Gasteiger partial charge < -0.3 is 0 Å². The van der Waals surface area contributed by atoms with E-state index in [1.165, 1.54) is 6.07 Å². The highest BCUT2D eigenvalue weighted by atomic mass is 35.5. The molecule has 0 unspecified atom stereocenters. The van der Waals surface area contributed by atoms with Gasteiger partial charge in [0, 0.05) is 12.1 Å². The number of rotatable bonds is 3. The van der Waals surface area contributed by atoms with Crippen LogP contribution in [-0.2, 0) is 5.88 Å². The molecule has 2 nitrogen and oxygen atoms in total. The van der Waals surface area contributed by atoms with Gasteiger partial charge in [-0.15, -0.1) is 11.6 Å². The van der Waals surface area contributed by atoms with Crippen molar-refractivity contribution in [3.8, 4) is 0 Å². The van der Waals surface area contributed by atoms with E-state index < -0.39 is 17.4 Å². The van der Waals surface area contributed by atoms with E-state index in [1.54, 1.807) is 0 Å². The summed E-state index contributed by atoms with van der Waals surface area (Å²) < 4.78 is 24.6. The third-order valence-electron chi connectivity index (χ3n) is 1.58. The molecule has 1 heterocycles. The number of hydrogen-bond donors (Lipinski definition) is 0. The van der Waals surface area contributed by atoms with Crippen LogP contribution in [0.15, 0.2) is 12.3 Å². The van der Waals surface area contributed by atoms with Gasteiger partial charge in [0.2, 0.25) is 0 Å². The van der Waals surface area contributed by atoms with Crippen molar-refractivity contribution in [1.29, 1.82) is 0 Å². The maximum atomic E-state index is 12.3. The highest BCUT2D eigenvalue weighted by Crippen LogP contribution is 2.23. The normalized spacial score (nSPS) is 10.6. The summed E-state index contributed by atoms with van der Waals surface area (Å²) in [6, 6.07) is 1.22. The summed E-state index contributed by atoms with van der Waals surface area (Å²) in [6.07, 6.45) is -1.70. The van der Waals surface area contributed by atoms with Crippen molar-refractivity contribution in [3.63, 3.8) is 0 Å². The summed E-state index contributed by atoms with van der Waals surface area (Å²) in [5, 5.41) is -0.746. The minimum absolute atomic E-state index is 0.0618. The number of carbonyl (C=O) groups excluding carboxylic acids is 1. The number of halogens is 4. The van der Waals surface area contributed by atoms with Gasteiger partial charge in [-0.1, -0.05) is 0 Å². The molecule has 1 rings (SSSR count). The fourth-order valence-electron chi connectivity index (χ4n) is 0.932. The summed E-state index contributed by atoms with van der Waals surface area (Å²) in [5.41, 5.74) is -0.235. The van der Waals surface area contributed by atoms with Crippen molar-refractivity contribution in [3.05, 3.63) is 29.1 Å². The Kier molecular flexibility index (Phi) is 3.77. The molecule has 0 spiro atoms. The first-order valence-corrected chi connectivity index (χ1v) is 4.50. The van der Waals surface area contributed by atoms with Crippen LogP contribution in [-0.4, -0.2) is 10.2 Å². The number of hydrogen-bond acceptors (Lipinski definition) is 2. The Morgan fingerprint density at radius 1 is 1.57 bits per heavy atom.